The van der Waals surface area contributed by atoms with Crippen molar-refractivity contribution in [2.24, 2.45) is 5.73 Å². The Morgan fingerprint density at radius 2 is 1.92 bits per heavy atom. The van der Waals surface area contributed by atoms with E-state index in [1.807, 2.05) is 0 Å². The van der Waals surface area contributed by atoms with Crippen molar-refractivity contribution in [3.63, 3.8) is 0 Å². The average Bonchev–Trinajstić information content (AvgIpc) is 1.97. The van der Waals surface area contributed by atoms with Gasteiger partial charge in [-0.25, -0.2) is 0 Å². The second-order valence-corrected chi connectivity index (χ2v) is 2.83. The first-order chi connectivity index (χ1) is 5.54. The van der Waals surface area contributed by atoms with Gasteiger partial charge in [-0.05, 0) is 6.42 Å². The molecule has 0 heterocycles. The monoisotopic (exact) mass is 171 g/mol. The molecule has 4 nitrogen and oxygen atoms in total. The van der Waals surface area contributed by atoms with Gasteiger partial charge in [-0.15, -0.1) is 0 Å². The lowest BCUT2D eigenvalue weighted by Crippen LogP contribution is -2.28. The topological polar surface area (TPSA) is 72.2 Å². The molecule has 0 fully saturated rings. The molecule has 0 bridgehead atoms. The molecule has 0 unspecified atom stereocenters. The molecule has 0 aliphatic rings. The molecular weight excluding hydrogens is 156 g/mol. The molecule has 2 amide bonds. The molecule has 0 saturated heterocycles. The summed E-state index contributed by atoms with van der Waals surface area (Å²) in [4.78, 5) is 21.2. The van der Waals surface area contributed by atoms with Crippen LogP contribution in [0.4, 0.5) is 0 Å². The van der Waals surface area contributed by atoms with Crippen LogP contribution in [0.5, 0.6) is 0 Å². The highest BCUT2D eigenvalue weighted by Crippen LogP contribution is 1.93. The number of nitrogens with one attached hydrogen (secondary N) is 1. The van der Waals surface area contributed by atoms with E-state index in [4.69, 9.17) is 5.73 Å². The second-order valence-electron chi connectivity index (χ2n) is 2.83. The molecule has 0 aromatic rings. The van der Waals surface area contributed by atoms with E-state index >= 15 is 0 Å². The van der Waals surface area contributed by atoms with Gasteiger partial charge in [0.05, 0.1) is 5.92 Å². The Bertz CT molecular complexity index is 166. The van der Waals surface area contributed by atoms with E-state index in [0.29, 0.717) is 25.3 Å². The highest BCUT2D eigenvalue weighted by atomic mass is 16.2. The lowest BCUT2D eigenvalue weighted by atomic mass is 10.2. The lowest BCUT2D eigenvalue weighted by Gasteiger charge is -2.05. The molecule has 1 radical (unpaired) electrons. The summed E-state index contributed by atoms with van der Waals surface area (Å²) >= 11 is 0. The van der Waals surface area contributed by atoms with Gasteiger partial charge in [-0.2, -0.15) is 0 Å². The van der Waals surface area contributed by atoms with Crippen LogP contribution in [0.3, 0.4) is 0 Å². The van der Waals surface area contributed by atoms with Crippen molar-refractivity contribution in [2.45, 2.75) is 26.7 Å². The van der Waals surface area contributed by atoms with E-state index in [0.717, 1.165) is 0 Å². The highest BCUT2D eigenvalue weighted by molar-refractivity contribution is 5.88. The van der Waals surface area contributed by atoms with Gasteiger partial charge in [0.25, 0.3) is 0 Å². The summed E-state index contributed by atoms with van der Waals surface area (Å²) in [7, 11) is 0. The smallest absolute Gasteiger partial charge is 0.226 e. The third-order valence-electron chi connectivity index (χ3n) is 1.34. The lowest BCUT2D eigenvalue weighted by molar-refractivity contribution is -0.120. The summed E-state index contributed by atoms with van der Waals surface area (Å²) in [5, 5.41) is 2.65. The van der Waals surface area contributed by atoms with E-state index in [-0.39, 0.29) is 11.8 Å². The Hall–Kier alpha value is -1.06. The number of hydrogen-bond donors (Lipinski definition) is 2. The van der Waals surface area contributed by atoms with E-state index in [9.17, 15) is 9.59 Å². The molecule has 0 aromatic carbocycles. The van der Waals surface area contributed by atoms with Gasteiger partial charge in [-0.3, -0.25) is 9.59 Å². The fourth-order valence-electron chi connectivity index (χ4n) is 0.641. The minimum Gasteiger partial charge on any atom is -0.370 e. The number of amides is 2. The summed E-state index contributed by atoms with van der Waals surface area (Å²) in [5.74, 6) is 0.315. The fraction of sp³-hybridized carbons (Fsp3) is 0.625. The van der Waals surface area contributed by atoms with E-state index < -0.39 is 0 Å². The van der Waals surface area contributed by atoms with Gasteiger partial charge in [0, 0.05) is 13.0 Å². The van der Waals surface area contributed by atoms with Crippen LogP contribution in [0.2, 0.25) is 0 Å². The third-order valence-corrected chi connectivity index (χ3v) is 1.34. The first kappa shape index (κ1) is 10.9. The van der Waals surface area contributed by atoms with Crippen LogP contribution in [0.1, 0.15) is 26.7 Å². The maximum atomic E-state index is 10.9. The zero-order valence-corrected chi connectivity index (χ0v) is 7.52. The Balaban J connectivity index is 3.32. The van der Waals surface area contributed by atoms with Gasteiger partial charge in [0.2, 0.25) is 11.8 Å². The van der Waals surface area contributed by atoms with Gasteiger partial charge < -0.3 is 11.1 Å². The third kappa shape index (κ3) is 5.70. The molecule has 69 valence electrons. The number of primary amides is 1. The molecule has 0 saturated carbocycles. The van der Waals surface area contributed by atoms with Gasteiger partial charge in [-0.1, -0.05) is 13.8 Å². The van der Waals surface area contributed by atoms with E-state index in [2.05, 4.69) is 5.32 Å². The molecule has 3 N–H and O–H groups in total. The fourth-order valence-corrected chi connectivity index (χ4v) is 0.641. The number of nitrogens with two attached hydrogens (primary N) is 1. The Morgan fingerprint density at radius 1 is 1.33 bits per heavy atom. The Morgan fingerprint density at radius 3 is 2.33 bits per heavy atom. The Labute approximate surface area is 72.5 Å². The SMILES string of the molecule is C[C](C)C(=O)NCCCC(N)=O. The molecule has 12 heavy (non-hydrogen) atoms. The summed E-state index contributed by atoms with van der Waals surface area (Å²) in [6.07, 6.45) is 0.928. The van der Waals surface area contributed by atoms with Crippen molar-refractivity contribution in [2.75, 3.05) is 6.54 Å². The van der Waals surface area contributed by atoms with Crippen molar-refractivity contribution < 1.29 is 9.59 Å². The van der Waals surface area contributed by atoms with E-state index in [1.165, 1.54) is 0 Å². The molecule has 0 rings (SSSR count). The molecule has 4 heteroatoms. The van der Waals surface area contributed by atoms with Crippen LogP contribution in [-0.4, -0.2) is 18.4 Å². The molecular formula is C8H15N2O2. The van der Waals surface area contributed by atoms with Gasteiger partial charge in [0.1, 0.15) is 0 Å². The normalized spacial score (nSPS) is 9.92. The van der Waals surface area contributed by atoms with Gasteiger partial charge >= 0.3 is 0 Å². The van der Waals surface area contributed by atoms with Crippen molar-refractivity contribution in [3.05, 3.63) is 5.92 Å². The second kappa shape index (κ2) is 5.57. The predicted molar refractivity (Wildman–Crippen MR) is 46.0 cm³/mol. The maximum absolute atomic E-state index is 10.9. The highest BCUT2D eigenvalue weighted by Gasteiger charge is 2.05. The van der Waals surface area contributed by atoms with E-state index in [1.54, 1.807) is 13.8 Å². The number of hydrogen-bond acceptors (Lipinski definition) is 2. The largest absolute Gasteiger partial charge is 0.370 e. The number of carbonyl (C=O) groups excluding carboxylic acids is 2. The average molecular weight is 171 g/mol. The molecule has 0 spiro atoms. The van der Waals surface area contributed by atoms with Gasteiger partial charge in [0.15, 0.2) is 0 Å². The summed E-state index contributed by atoms with van der Waals surface area (Å²) in [6.45, 7) is 3.99. The number of rotatable bonds is 5. The summed E-state index contributed by atoms with van der Waals surface area (Å²) in [6, 6.07) is 0. The van der Waals surface area contributed by atoms with Crippen LogP contribution in [0.15, 0.2) is 0 Å². The van der Waals surface area contributed by atoms with Crippen molar-refractivity contribution in [1.29, 1.82) is 0 Å². The zero-order chi connectivity index (χ0) is 9.56. The molecule has 0 atom stereocenters. The maximum Gasteiger partial charge on any atom is 0.226 e. The first-order valence-electron chi connectivity index (χ1n) is 3.90. The summed E-state index contributed by atoms with van der Waals surface area (Å²) < 4.78 is 0. The quantitative estimate of drug-likeness (QED) is 0.571. The minimum atomic E-state index is -0.332. The van der Waals surface area contributed by atoms with Crippen LogP contribution in [0, 0.1) is 5.92 Å². The van der Waals surface area contributed by atoms with Crippen LogP contribution >= 0.6 is 0 Å². The van der Waals surface area contributed by atoms with Crippen molar-refractivity contribution in [1.82, 2.24) is 5.32 Å². The molecule has 0 aromatic heterocycles. The standard InChI is InChI=1S/C8H15N2O2/c1-6(2)8(12)10-5-3-4-7(9)11/h3-5H2,1-2H3,(H2,9,11)(H,10,12). The van der Waals surface area contributed by atoms with Crippen LogP contribution in [-0.2, 0) is 9.59 Å². The number of carbonyl (C=O) groups is 2. The van der Waals surface area contributed by atoms with Crippen LogP contribution < -0.4 is 11.1 Å². The minimum absolute atomic E-state index is 0.0699. The van der Waals surface area contributed by atoms with Crippen molar-refractivity contribution >= 4 is 11.8 Å². The van der Waals surface area contributed by atoms with Crippen molar-refractivity contribution in [3.8, 4) is 0 Å². The predicted octanol–water partition coefficient (Wildman–Crippen LogP) is -0.0176. The zero-order valence-electron chi connectivity index (χ0n) is 7.52. The van der Waals surface area contributed by atoms with Crippen LogP contribution in [0.25, 0.3) is 0 Å². The Kier molecular flexibility index (Phi) is 5.08. The molecule has 0 aliphatic heterocycles. The summed E-state index contributed by atoms with van der Waals surface area (Å²) in [5.41, 5.74) is 4.91. The first-order valence-corrected chi connectivity index (χ1v) is 3.90. The molecule has 0 aliphatic carbocycles.